The van der Waals surface area contributed by atoms with Gasteiger partial charge in [-0.3, -0.25) is 4.79 Å². The summed E-state index contributed by atoms with van der Waals surface area (Å²) in [6.07, 6.45) is -2.47. The molecule has 0 saturated heterocycles. The Morgan fingerprint density at radius 2 is 2.06 bits per heavy atom. The minimum Gasteiger partial charge on any atom is -0.294 e. The standard InChI is InChI=1S/C11H8F2OS2/c1-6(14)9-2-3-10(16-9)7-4-15-5-8(7)11(12)13/h2-5,11H,1H3. The molecule has 84 valence electrons. The van der Waals surface area contributed by atoms with Gasteiger partial charge >= 0.3 is 0 Å². The van der Waals surface area contributed by atoms with E-state index in [9.17, 15) is 13.6 Å². The molecule has 2 aromatic rings. The minimum atomic E-state index is -2.47. The van der Waals surface area contributed by atoms with E-state index in [0.717, 1.165) is 4.88 Å². The van der Waals surface area contributed by atoms with Gasteiger partial charge in [0.1, 0.15) is 0 Å². The van der Waals surface area contributed by atoms with Crippen molar-refractivity contribution in [2.75, 3.05) is 0 Å². The molecule has 16 heavy (non-hydrogen) atoms. The second-order valence-corrected chi connectivity index (χ2v) is 5.09. The van der Waals surface area contributed by atoms with Gasteiger partial charge in [0.05, 0.1) is 4.88 Å². The zero-order valence-corrected chi connectivity index (χ0v) is 10.0. The van der Waals surface area contributed by atoms with Crippen molar-refractivity contribution in [2.45, 2.75) is 13.3 Å². The van der Waals surface area contributed by atoms with Gasteiger partial charge in [-0.2, -0.15) is 11.3 Å². The van der Waals surface area contributed by atoms with Crippen molar-refractivity contribution in [1.82, 2.24) is 0 Å². The summed E-state index contributed by atoms with van der Waals surface area (Å²) in [6, 6.07) is 3.39. The molecule has 0 fully saturated rings. The Morgan fingerprint density at radius 1 is 1.31 bits per heavy atom. The molecular formula is C11H8F2OS2. The summed E-state index contributed by atoms with van der Waals surface area (Å²) < 4.78 is 25.3. The van der Waals surface area contributed by atoms with Crippen LogP contribution < -0.4 is 0 Å². The van der Waals surface area contributed by atoms with Gasteiger partial charge < -0.3 is 0 Å². The molecule has 5 heteroatoms. The van der Waals surface area contributed by atoms with Gasteiger partial charge in [0.15, 0.2) is 5.78 Å². The minimum absolute atomic E-state index is 0.0370. The zero-order chi connectivity index (χ0) is 11.7. The fraction of sp³-hybridized carbons (Fsp3) is 0.182. The molecule has 0 unspecified atom stereocenters. The smallest absolute Gasteiger partial charge is 0.265 e. The number of carbonyl (C=O) groups excluding carboxylic acids is 1. The molecule has 0 bridgehead atoms. The summed E-state index contributed by atoms with van der Waals surface area (Å²) in [6.45, 7) is 1.47. The predicted octanol–water partition coefficient (Wildman–Crippen LogP) is 4.62. The number of thiophene rings is 2. The van der Waals surface area contributed by atoms with Crippen molar-refractivity contribution in [3.8, 4) is 10.4 Å². The molecule has 0 aliphatic heterocycles. The van der Waals surface area contributed by atoms with Crippen LogP contribution in [0.15, 0.2) is 22.9 Å². The van der Waals surface area contributed by atoms with Gasteiger partial charge in [-0.25, -0.2) is 8.78 Å². The number of ketones is 1. The van der Waals surface area contributed by atoms with E-state index in [1.807, 2.05) is 0 Å². The lowest BCUT2D eigenvalue weighted by Gasteiger charge is -1.99. The van der Waals surface area contributed by atoms with Crippen LogP contribution in [-0.4, -0.2) is 5.78 Å². The summed E-state index contributed by atoms with van der Waals surface area (Å²) in [5.41, 5.74) is 0.583. The fourth-order valence-electron chi connectivity index (χ4n) is 1.35. The first kappa shape index (κ1) is 11.4. The molecule has 0 saturated carbocycles. The highest BCUT2D eigenvalue weighted by Gasteiger charge is 2.17. The van der Waals surface area contributed by atoms with Gasteiger partial charge in [0, 0.05) is 21.4 Å². The first-order valence-electron chi connectivity index (χ1n) is 4.55. The highest BCUT2D eigenvalue weighted by atomic mass is 32.1. The maximum absolute atomic E-state index is 12.7. The van der Waals surface area contributed by atoms with Gasteiger partial charge in [-0.1, -0.05) is 0 Å². The predicted molar refractivity (Wildman–Crippen MR) is 62.6 cm³/mol. The van der Waals surface area contributed by atoms with Crippen LogP contribution in [0, 0.1) is 0 Å². The first-order valence-corrected chi connectivity index (χ1v) is 6.31. The van der Waals surface area contributed by atoms with Crippen molar-refractivity contribution < 1.29 is 13.6 Å². The van der Waals surface area contributed by atoms with Crippen molar-refractivity contribution in [3.05, 3.63) is 33.3 Å². The molecular weight excluding hydrogens is 250 g/mol. The lowest BCUT2D eigenvalue weighted by Crippen LogP contribution is -1.84. The largest absolute Gasteiger partial charge is 0.294 e. The Kier molecular flexibility index (Phi) is 3.16. The van der Waals surface area contributed by atoms with Crippen LogP contribution in [0.3, 0.4) is 0 Å². The lowest BCUT2D eigenvalue weighted by atomic mass is 10.2. The van der Waals surface area contributed by atoms with E-state index in [4.69, 9.17) is 0 Å². The van der Waals surface area contributed by atoms with Gasteiger partial charge in [0.25, 0.3) is 6.43 Å². The van der Waals surface area contributed by atoms with Gasteiger partial charge in [-0.15, -0.1) is 11.3 Å². The van der Waals surface area contributed by atoms with E-state index >= 15 is 0 Å². The molecule has 2 rings (SSSR count). The zero-order valence-electron chi connectivity index (χ0n) is 8.37. The summed E-state index contributed by atoms with van der Waals surface area (Å²) in [5, 5.41) is 3.14. The molecule has 0 spiro atoms. The van der Waals surface area contributed by atoms with E-state index in [0.29, 0.717) is 10.4 Å². The summed E-state index contributed by atoms with van der Waals surface area (Å²) in [7, 11) is 0. The van der Waals surface area contributed by atoms with E-state index in [1.165, 1.54) is 35.0 Å². The lowest BCUT2D eigenvalue weighted by molar-refractivity contribution is 0.102. The molecule has 2 aromatic heterocycles. The Balaban J connectivity index is 2.42. The van der Waals surface area contributed by atoms with E-state index in [2.05, 4.69) is 0 Å². The number of hydrogen-bond acceptors (Lipinski definition) is 3. The summed E-state index contributed by atoms with van der Waals surface area (Å²) in [4.78, 5) is 12.4. The molecule has 0 aliphatic rings. The number of hydrogen-bond donors (Lipinski definition) is 0. The van der Waals surface area contributed by atoms with E-state index in [1.54, 1.807) is 17.5 Å². The quantitative estimate of drug-likeness (QED) is 0.734. The summed E-state index contributed by atoms with van der Waals surface area (Å²) in [5.74, 6) is -0.0370. The highest BCUT2D eigenvalue weighted by Crippen LogP contribution is 2.37. The van der Waals surface area contributed by atoms with Crippen LogP contribution in [-0.2, 0) is 0 Å². The van der Waals surface area contributed by atoms with Crippen molar-refractivity contribution in [2.24, 2.45) is 0 Å². The maximum Gasteiger partial charge on any atom is 0.265 e. The van der Waals surface area contributed by atoms with Crippen molar-refractivity contribution in [1.29, 1.82) is 0 Å². The average Bonchev–Trinajstić information content (AvgIpc) is 2.86. The third-order valence-corrected chi connectivity index (χ3v) is 4.13. The average molecular weight is 258 g/mol. The highest BCUT2D eigenvalue weighted by molar-refractivity contribution is 7.17. The Bertz CT molecular complexity index is 514. The topological polar surface area (TPSA) is 17.1 Å². The molecule has 0 radical (unpaired) electrons. The SMILES string of the molecule is CC(=O)c1ccc(-c2cscc2C(F)F)s1. The van der Waals surface area contributed by atoms with Crippen LogP contribution in [0.2, 0.25) is 0 Å². The number of rotatable bonds is 3. The third-order valence-electron chi connectivity index (χ3n) is 2.15. The Hall–Kier alpha value is -1.07. The van der Waals surface area contributed by atoms with Crippen LogP contribution in [0.4, 0.5) is 8.78 Å². The molecule has 0 amide bonds. The Morgan fingerprint density at radius 3 is 2.62 bits per heavy atom. The normalized spacial score (nSPS) is 11.0. The molecule has 0 N–H and O–H groups in total. The van der Waals surface area contributed by atoms with E-state index < -0.39 is 6.43 Å². The number of carbonyl (C=O) groups is 1. The third kappa shape index (κ3) is 2.05. The molecule has 0 atom stereocenters. The van der Waals surface area contributed by atoms with Crippen LogP contribution in [0.1, 0.15) is 28.6 Å². The van der Waals surface area contributed by atoms with E-state index in [-0.39, 0.29) is 11.3 Å². The fourth-order valence-corrected chi connectivity index (χ4v) is 3.21. The maximum atomic E-state index is 12.7. The first-order chi connectivity index (χ1) is 7.59. The molecule has 0 aliphatic carbocycles. The van der Waals surface area contributed by atoms with Crippen LogP contribution in [0.5, 0.6) is 0 Å². The van der Waals surface area contributed by atoms with Crippen LogP contribution in [0.25, 0.3) is 10.4 Å². The molecule has 0 aromatic carbocycles. The van der Waals surface area contributed by atoms with Crippen molar-refractivity contribution >= 4 is 28.5 Å². The number of halogens is 2. The van der Waals surface area contributed by atoms with Crippen molar-refractivity contribution in [3.63, 3.8) is 0 Å². The number of Topliss-reactive ketones (excluding diaryl/α,β-unsaturated/α-hetero) is 1. The second-order valence-electron chi connectivity index (χ2n) is 3.26. The van der Waals surface area contributed by atoms with Gasteiger partial charge in [-0.05, 0) is 24.4 Å². The van der Waals surface area contributed by atoms with Crippen LogP contribution >= 0.6 is 22.7 Å². The monoisotopic (exact) mass is 258 g/mol. The second kappa shape index (κ2) is 4.43. The molecule has 1 nitrogen and oxygen atoms in total. The Labute approximate surface area is 99.4 Å². The summed E-state index contributed by atoms with van der Waals surface area (Å²) >= 11 is 2.50. The molecule has 2 heterocycles. The van der Waals surface area contributed by atoms with Gasteiger partial charge in [0.2, 0.25) is 0 Å². The number of alkyl halides is 2.